The molecule has 1 atom stereocenters. The van der Waals surface area contributed by atoms with Gasteiger partial charge in [-0.25, -0.2) is 0 Å². The topological polar surface area (TPSA) is 54.9 Å². The standard InChI is InChI=1S/C21H25N3O3/c1-26-19-7-4-5-16-13-17(15-27-20(16)19)21(25)24-11-9-23(10-12-24)14-18-6-2-3-8-22-18/h2-8,17H,9-15H2,1H3/t17-/m1/s1. The van der Waals surface area contributed by atoms with Crippen LogP contribution in [-0.4, -0.2) is 60.6 Å². The number of piperazine rings is 1. The summed E-state index contributed by atoms with van der Waals surface area (Å²) in [4.78, 5) is 21.7. The first-order chi connectivity index (χ1) is 13.2. The summed E-state index contributed by atoms with van der Waals surface area (Å²) in [5.74, 6) is 1.60. The van der Waals surface area contributed by atoms with Gasteiger partial charge in [0.1, 0.15) is 6.61 Å². The lowest BCUT2D eigenvalue weighted by Gasteiger charge is -2.37. The van der Waals surface area contributed by atoms with Crippen molar-refractivity contribution < 1.29 is 14.3 Å². The summed E-state index contributed by atoms with van der Waals surface area (Å²) in [6, 6.07) is 11.8. The molecule has 4 rings (SSSR count). The van der Waals surface area contributed by atoms with Crippen molar-refractivity contribution >= 4 is 5.91 Å². The third-order valence-corrected chi connectivity index (χ3v) is 5.32. The molecule has 6 heteroatoms. The van der Waals surface area contributed by atoms with Crippen LogP contribution in [0.2, 0.25) is 0 Å². The molecule has 1 aromatic carbocycles. The van der Waals surface area contributed by atoms with Crippen molar-refractivity contribution in [3.05, 3.63) is 53.9 Å². The van der Waals surface area contributed by atoms with Crippen molar-refractivity contribution in [3.8, 4) is 11.5 Å². The average Bonchev–Trinajstić information content (AvgIpc) is 2.73. The zero-order chi connectivity index (χ0) is 18.6. The van der Waals surface area contributed by atoms with Gasteiger partial charge in [-0.15, -0.1) is 0 Å². The predicted molar refractivity (Wildman–Crippen MR) is 102 cm³/mol. The first-order valence-corrected chi connectivity index (χ1v) is 9.44. The van der Waals surface area contributed by atoms with E-state index in [1.54, 1.807) is 7.11 Å². The summed E-state index contributed by atoms with van der Waals surface area (Å²) in [7, 11) is 1.64. The second-order valence-corrected chi connectivity index (χ2v) is 7.08. The van der Waals surface area contributed by atoms with E-state index in [1.165, 1.54) is 0 Å². The lowest BCUT2D eigenvalue weighted by Crippen LogP contribution is -2.51. The Balaban J connectivity index is 1.33. The molecule has 142 valence electrons. The van der Waals surface area contributed by atoms with E-state index in [2.05, 4.69) is 9.88 Å². The van der Waals surface area contributed by atoms with Crippen LogP contribution in [0.3, 0.4) is 0 Å². The van der Waals surface area contributed by atoms with Gasteiger partial charge in [0.05, 0.1) is 18.7 Å². The van der Waals surface area contributed by atoms with Crippen molar-refractivity contribution in [1.82, 2.24) is 14.8 Å². The number of pyridine rings is 1. The van der Waals surface area contributed by atoms with Gasteiger partial charge in [0.2, 0.25) is 5.91 Å². The third kappa shape index (κ3) is 3.90. The maximum atomic E-state index is 13.0. The highest BCUT2D eigenvalue weighted by molar-refractivity contribution is 5.80. The number of ether oxygens (including phenoxy) is 2. The summed E-state index contributed by atoms with van der Waals surface area (Å²) < 4.78 is 11.2. The number of benzene rings is 1. The van der Waals surface area contributed by atoms with Crippen molar-refractivity contribution in [2.75, 3.05) is 39.9 Å². The predicted octanol–water partition coefficient (Wildman–Crippen LogP) is 1.99. The van der Waals surface area contributed by atoms with Crippen LogP contribution in [0.1, 0.15) is 11.3 Å². The molecule has 3 heterocycles. The first-order valence-electron chi connectivity index (χ1n) is 9.44. The number of aromatic nitrogens is 1. The number of para-hydroxylation sites is 1. The normalized spacial score (nSPS) is 19.9. The molecule has 0 bridgehead atoms. The number of carbonyl (C=O) groups is 1. The second kappa shape index (κ2) is 7.96. The Kier molecular flexibility index (Phi) is 5.25. The summed E-state index contributed by atoms with van der Waals surface area (Å²) in [6.07, 6.45) is 2.53. The molecule has 1 aromatic heterocycles. The fourth-order valence-electron chi connectivity index (χ4n) is 3.82. The molecule has 1 saturated heterocycles. The molecule has 6 nitrogen and oxygen atoms in total. The maximum Gasteiger partial charge on any atom is 0.229 e. The minimum absolute atomic E-state index is 0.119. The Bertz CT molecular complexity index is 789. The molecule has 0 saturated carbocycles. The highest BCUT2D eigenvalue weighted by Crippen LogP contribution is 2.36. The molecule has 2 aromatic rings. The average molecular weight is 367 g/mol. The molecule has 1 amide bonds. The summed E-state index contributed by atoms with van der Waals surface area (Å²) in [6.45, 7) is 4.52. The molecule has 2 aliphatic heterocycles. The van der Waals surface area contributed by atoms with Crippen LogP contribution in [0, 0.1) is 5.92 Å². The minimum Gasteiger partial charge on any atom is -0.493 e. The number of nitrogens with zero attached hydrogens (tertiary/aromatic N) is 3. The summed E-state index contributed by atoms with van der Waals surface area (Å²) >= 11 is 0. The highest BCUT2D eigenvalue weighted by Gasteiger charge is 2.32. The molecule has 0 unspecified atom stereocenters. The van der Waals surface area contributed by atoms with Gasteiger partial charge in [-0.2, -0.15) is 0 Å². The van der Waals surface area contributed by atoms with Gasteiger partial charge in [0.25, 0.3) is 0 Å². The second-order valence-electron chi connectivity index (χ2n) is 7.08. The van der Waals surface area contributed by atoms with E-state index in [4.69, 9.17) is 9.47 Å². The van der Waals surface area contributed by atoms with E-state index in [9.17, 15) is 4.79 Å². The third-order valence-electron chi connectivity index (χ3n) is 5.32. The Morgan fingerprint density at radius 2 is 2.04 bits per heavy atom. The smallest absolute Gasteiger partial charge is 0.229 e. The van der Waals surface area contributed by atoms with Gasteiger partial charge in [-0.3, -0.25) is 14.7 Å². The van der Waals surface area contributed by atoms with Gasteiger partial charge < -0.3 is 14.4 Å². The van der Waals surface area contributed by atoms with Crippen molar-refractivity contribution in [1.29, 1.82) is 0 Å². The number of carbonyl (C=O) groups excluding carboxylic acids is 1. The van der Waals surface area contributed by atoms with Crippen LogP contribution in [0.15, 0.2) is 42.6 Å². The largest absolute Gasteiger partial charge is 0.493 e. The molecule has 27 heavy (non-hydrogen) atoms. The van der Waals surface area contributed by atoms with E-state index >= 15 is 0 Å². The Morgan fingerprint density at radius 1 is 1.19 bits per heavy atom. The van der Waals surface area contributed by atoms with Crippen molar-refractivity contribution in [2.45, 2.75) is 13.0 Å². The molecule has 2 aliphatic rings. The number of hydrogen-bond acceptors (Lipinski definition) is 5. The number of rotatable bonds is 4. The van der Waals surface area contributed by atoms with Crippen LogP contribution < -0.4 is 9.47 Å². The zero-order valence-corrected chi connectivity index (χ0v) is 15.6. The van der Waals surface area contributed by atoms with Crippen LogP contribution in [-0.2, 0) is 17.8 Å². The van der Waals surface area contributed by atoms with Crippen molar-refractivity contribution in [2.24, 2.45) is 5.92 Å². The van der Waals surface area contributed by atoms with E-state index in [-0.39, 0.29) is 11.8 Å². The molecule has 0 radical (unpaired) electrons. The number of amides is 1. The van der Waals surface area contributed by atoms with E-state index in [0.29, 0.717) is 13.0 Å². The van der Waals surface area contributed by atoms with Crippen LogP contribution in [0.4, 0.5) is 0 Å². The lowest BCUT2D eigenvalue weighted by molar-refractivity contribution is -0.138. The van der Waals surface area contributed by atoms with E-state index < -0.39 is 0 Å². The minimum atomic E-state index is -0.119. The maximum absolute atomic E-state index is 13.0. The summed E-state index contributed by atoms with van der Waals surface area (Å²) in [5, 5.41) is 0. The fraction of sp³-hybridized carbons (Fsp3) is 0.429. The molecule has 0 spiro atoms. The van der Waals surface area contributed by atoms with E-state index in [1.807, 2.05) is 47.5 Å². The SMILES string of the molecule is COc1cccc2c1OC[C@H](C(=O)N1CCN(Cc3ccccn3)CC1)C2. The molecule has 1 fully saturated rings. The number of methoxy groups -OCH3 is 1. The molecular formula is C21H25N3O3. The van der Waals surface area contributed by atoms with Gasteiger partial charge >= 0.3 is 0 Å². The van der Waals surface area contributed by atoms with Gasteiger partial charge in [0, 0.05) is 38.9 Å². The number of hydrogen-bond donors (Lipinski definition) is 0. The van der Waals surface area contributed by atoms with Gasteiger partial charge in [-0.05, 0) is 30.2 Å². The van der Waals surface area contributed by atoms with E-state index in [0.717, 1.165) is 55.5 Å². The Hall–Kier alpha value is -2.60. The summed E-state index contributed by atoms with van der Waals surface area (Å²) in [5.41, 5.74) is 2.12. The molecule has 0 N–H and O–H groups in total. The first kappa shape index (κ1) is 17.8. The quantitative estimate of drug-likeness (QED) is 0.827. The highest BCUT2D eigenvalue weighted by atomic mass is 16.5. The zero-order valence-electron chi connectivity index (χ0n) is 15.6. The van der Waals surface area contributed by atoms with Gasteiger partial charge in [-0.1, -0.05) is 18.2 Å². The van der Waals surface area contributed by atoms with Crippen molar-refractivity contribution in [3.63, 3.8) is 0 Å². The van der Waals surface area contributed by atoms with Gasteiger partial charge in [0.15, 0.2) is 11.5 Å². The molecular weight excluding hydrogens is 342 g/mol. The monoisotopic (exact) mass is 367 g/mol. The van der Waals surface area contributed by atoms with Crippen LogP contribution >= 0.6 is 0 Å². The molecule has 0 aliphatic carbocycles. The van der Waals surface area contributed by atoms with Crippen LogP contribution in [0.5, 0.6) is 11.5 Å². The Morgan fingerprint density at radius 3 is 2.78 bits per heavy atom. The Labute approximate surface area is 159 Å². The van der Waals surface area contributed by atoms with Crippen LogP contribution in [0.25, 0.3) is 0 Å². The number of fused-ring (bicyclic) bond motifs is 1. The fourth-order valence-corrected chi connectivity index (χ4v) is 3.82. The lowest BCUT2D eigenvalue weighted by atomic mass is 9.95.